The number of aromatic nitrogens is 1. The number of hydrogen-bond donors (Lipinski definition) is 1. The van der Waals surface area contributed by atoms with Crippen LogP contribution in [0.15, 0.2) is 64.6 Å². The summed E-state index contributed by atoms with van der Waals surface area (Å²) in [6, 6.07) is 14.3. The lowest BCUT2D eigenvalue weighted by Crippen LogP contribution is -2.44. The first-order chi connectivity index (χ1) is 16.9. The molecule has 4 heterocycles. The van der Waals surface area contributed by atoms with Crippen molar-refractivity contribution in [3.63, 3.8) is 0 Å². The third-order valence-electron chi connectivity index (χ3n) is 6.61. The van der Waals surface area contributed by atoms with E-state index in [1.807, 2.05) is 24.3 Å². The van der Waals surface area contributed by atoms with Gasteiger partial charge < -0.3 is 19.3 Å². The van der Waals surface area contributed by atoms with Gasteiger partial charge in [0.25, 0.3) is 10.0 Å². The van der Waals surface area contributed by atoms with E-state index in [1.165, 1.54) is 22.3 Å². The highest BCUT2D eigenvalue weighted by Gasteiger charge is 2.32. The average molecular weight is 495 g/mol. The second kappa shape index (κ2) is 8.29. The SMILES string of the molecule is CN1CCN(c2ccc(N3c4c(ccn4S(=O)(=O)c4ccc5c(c4)OCO5)C=NC3N)cc2)CC1. The Morgan fingerprint density at radius 1 is 0.943 bits per heavy atom. The number of benzene rings is 2. The normalized spacial score (nSPS) is 19.8. The number of aliphatic imine (C=N–C) groups is 1. The molecule has 182 valence electrons. The number of rotatable bonds is 4. The molecule has 1 fully saturated rings. The zero-order valence-corrected chi connectivity index (χ0v) is 20.1. The van der Waals surface area contributed by atoms with E-state index >= 15 is 0 Å². The molecule has 3 aromatic rings. The van der Waals surface area contributed by atoms with Crippen molar-refractivity contribution in [1.82, 2.24) is 8.87 Å². The van der Waals surface area contributed by atoms with Crippen LogP contribution in [0.4, 0.5) is 17.2 Å². The highest BCUT2D eigenvalue weighted by molar-refractivity contribution is 7.90. The molecule has 6 rings (SSSR count). The molecule has 0 amide bonds. The maximum Gasteiger partial charge on any atom is 0.269 e. The second-order valence-corrected chi connectivity index (χ2v) is 10.6. The third kappa shape index (κ3) is 3.72. The number of piperazine rings is 1. The molecular formula is C24H26N6O4S. The van der Waals surface area contributed by atoms with Crippen molar-refractivity contribution in [2.75, 3.05) is 49.8 Å². The average Bonchev–Trinajstić information content (AvgIpc) is 3.52. The minimum absolute atomic E-state index is 0.0704. The van der Waals surface area contributed by atoms with Crippen molar-refractivity contribution in [1.29, 1.82) is 0 Å². The molecule has 3 aliphatic heterocycles. The zero-order valence-electron chi connectivity index (χ0n) is 19.2. The predicted octanol–water partition coefficient (Wildman–Crippen LogP) is 2.02. The molecule has 35 heavy (non-hydrogen) atoms. The molecule has 0 bridgehead atoms. The summed E-state index contributed by atoms with van der Waals surface area (Å²) in [5.74, 6) is 1.37. The largest absolute Gasteiger partial charge is 0.454 e. The van der Waals surface area contributed by atoms with Crippen LogP contribution in [-0.2, 0) is 10.0 Å². The lowest BCUT2D eigenvalue weighted by Gasteiger charge is -2.35. The standard InChI is InChI=1S/C24H26N6O4S/c1-27-10-12-28(13-11-27)18-2-4-19(5-3-18)30-23-17(15-26-24(30)25)8-9-29(23)35(31,32)20-6-7-21-22(14-20)34-16-33-21/h2-9,14-15,24H,10-13,16,25H2,1H3. The fraction of sp³-hybridized carbons (Fsp3) is 0.292. The van der Waals surface area contributed by atoms with Crippen LogP contribution in [-0.4, -0.2) is 69.8 Å². The summed E-state index contributed by atoms with van der Waals surface area (Å²) < 4.78 is 39.3. The second-order valence-electron chi connectivity index (χ2n) is 8.78. The maximum absolute atomic E-state index is 13.7. The first-order valence-electron chi connectivity index (χ1n) is 11.4. The van der Waals surface area contributed by atoms with Crippen molar-refractivity contribution in [3.05, 3.63) is 60.3 Å². The smallest absolute Gasteiger partial charge is 0.269 e. The fourth-order valence-electron chi connectivity index (χ4n) is 4.62. The minimum atomic E-state index is -3.94. The Hall–Kier alpha value is -3.54. The van der Waals surface area contributed by atoms with Gasteiger partial charge in [-0.25, -0.2) is 12.4 Å². The zero-order chi connectivity index (χ0) is 24.2. The van der Waals surface area contributed by atoms with E-state index in [-0.39, 0.29) is 11.7 Å². The van der Waals surface area contributed by atoms with Crippen LogP contribution in [0, 0.1) is 0 Å². The fourth-order valence-corrected chi connectivity index (χ4v) is 5.99. The summed E-state index contributed by atoms with van der Waals surface area (Å²) in [5.41, 5.74) is 8.92. The molecule has 1 aromatic heterocycles. The molecule has 0 spiro atoms. The van der Waals surface area contributed by atoms with E-state index in [0.29, 0.717) is 22.9 Å². The number of ether oxygens (including phenoxy) is 2. The molecular weight excluding hydrogens is 468 g/mol. The van der Waals surface area contributed by atoms with Gasteiger partial charge in [-0.05, 0) is 49.5 Å². The molecule has 0 saturated carbocycles. The van der Waals surface area contributed by atoms with E-state index in [4.69, 9.17) is 15.2 Å². The molecule has 2 aromatic carbocycles. The summed E-state index contributed by atoms with van der Waals surface area (Å²) >= 11 is 0. The van der Waals surface area contributed by atoms with Gasteiger partial charge in [-0.3, -0.25) is 15.6 Å². The van der Waals surface area contributed by atoms with Gasteiger partial charge >= 0.3 is 0 Å². The summed E-state index contributed by atoms with van der Waals surface area (Å²) in [5, 5.41) is 0. The highest BCUT2D eigenvalue weighted by atomic mass is 32.2. The van der Waals surface area contributed by atoms with Crippen molar-refractivity contribution >= 4 is 33.4 Å². The van der Waals surface area contributed by atoms with Gasteiger partial charge in [0.15, 0.2) is 17.8 Å². The van der Waals surface area contributed by atoms with Crippen LogP contribution in [0.25, 0.3) is 0 Å². The molecule has 0 radical (unpaired) electrons. The van der Waals surface area contributed by atoms with E-state index in [2.05, 4.69) is 21.8 Å². The van der Waals surface area contributed by atoms with Crippen molar-refractivity contribution in [2.45, 2.75) is 11.2 Å². The number of hydrogen-bond acceptors (Lipinski definition) is 9. The Bertz CT molecular complexity index is 1390. The Balaban J connectivity index is 1.37. The van der Waals surface area contributed by atoms with Gasteiger partial charge in [0.1, 0.15) is 5.82 Å². The number of likely N-dealkylation sites (N-methyl/N-ethyl adjacent to an activating group) is 1. The van der Waals surface area contributed by atoms with Crippen molar-refractivity contribution < 1.29 is 17.9 Å². The van der Waals surface area contributed by atoms with Gasteiger partial charge in [-0.1, -0.05) is 0 Å². The first kappa shape index (κ1) is 22.0. The number of nitrogens with zero attached hydrogens (tertiary/aromatic N) is 5. The Labute approximate surface area is 203 Å². The van der Waals surface area contributed by atoms with E-state index in [0.717, 1.165) is 37.6 Å². The monoisotopic (exact) mass is 494 g/mol. The quantitative estimate of drug-likeness (QED) is 0.587. The van der Waals surface area contributed by atoms with Crippen LogP contribution in [0.1, 0.15) is 5.56 Å². The molecule has 3 aliphatic rings. The van der Waals surface area contributed by atoms with Crippen molar-refractivity contribution in [3.8, 4) is 11.5 Å². The number of nitrogens with two attached hydrogens (primary N) is 1. The molecule has 1 atom stereocenters. The Morgan fingerprint density at radius 3 is 2.43 bits per heavy atom. The summed E-state index contributed by atoms with van der Waals surface area (Å²) in [4.78, 5) is 10.9. The van der Waals surface area contributed by atoms with E-state index in [9.17, 15) is 8.42 Å². The van der Waals surface area contributed by atoms with Crippen LogP contribution in [0.2, 0.25) is 0 Å². The summed E-state index contributed by atoms with van der Waals surface area (Å²) in [6.07, 6.45) is 2.37. The third-order valence-corrected chi connectivity index (χ3v) is 8.27. The maximum atomic E-state index is 13.7. The molecule has 11 heteroatoms. The molecule has 10 nitrogen and oxygen atoms in total. The van der Waals surface area contributed by atoms with E-state index in [1.54, 1.807) is 23.2 Å². The van der Waals surface area contributed by atoms with Gasteiger partial charge in [0.05, 0.1) is 4.90 Å². The van der Waals surface area contributed by atoms with Crippen LogP contribution in [0.3, 0.4) is 0 Å². The first-order valence-corrected chi connectivity index (χ1v) is 12.8. The Kier molecular flexibility index (Phi) is 5.20. The lowest BCUT2D eigenvalue weighted by atomic mass is 10.2. The minimum Gasteiger partial charge on any atom is -0.454 e. The van der Waals surface area contributed by atoms with Gasteiger partial charge in [-0.2, -0.15) is 0 Å². The molecule has 1 unspecified atom stereocenters. The summed E-state index contributed by atoms with van der Waals surface area (Å²) in [6.45, 7) is 4.03. The summed E-state index contributed by atoms with van der Waals surface area (Å²) in [7, 11) is -1.82. The van der Waals surface area contributed by atoms with Crippen molar-refractivity contribution in [2.24, 2.45) is 10.7 Å². The highest BCUT2D eigenvalue weighted by Crippen LogP contribution is 2.38. The number of anilines is 3. The van der Waals surface area contributed by atoms with Crippen LogP contribution in [0.5, 0.6) is 11.5 Å². The van der Waals surface area contributed by atoms with E-state index < -0.39 is 16.3 Å². The molecule has 1 saturated heterocycles. The predicted molar refractivity (Wildman–Crippen MR) is 133 cm³/mol. The van der Waals surface area contributed by atoms with Crippen LogP contribution < -0.4 is 25.0 Å². The lowest BCUT2D eigenvalue weighted by molar-refractivity contribution is 0.174. The Morgan fingerprint density at radius 2 is 1.66 bits per heavy atom. The molecule has 2 N–H and O–H groups in total. The van der Waals surface area contributed by atoms with Gasteiger partial charge in [0.2, 0.25) is 6.79 Å². The molecule has 0 aliphatic carbocycles. The topological polar surface area (TPSA) is 106 Å². The number of fused-ring (bicyclic) bond motifs is 2. The van der Waals surface area contributed by atoms with Crippen LogP contribution >= 0.6 is 0 Å². The van der Waals surface area contributed by atoms with Gasteiger partial charge in [0, 0.05) is 61.6 Å². The van der Waals surface area contributed by atoms with Gasteiger partial charge in [-0.15, -0.1) is 0 Å².